The maximum Gasteiger partial charge on any atom is 0.159 e. The van der Waals surface area contributed by atoms with E-state index < -0.39 is 11.6 Å². The standard InChI is InChI=1S/C12H10F2N2S/c13-10-5-4-9(6-11(10)14)17-12-3-1-2-8(7-15)16-12/h1-6H,7,15H2. The zero-order chi connectivity index (χ0) is 12.3. The van der Waals surface area contributed by atoms with Crippen LogP contribution in [0.1, 0.15) is 5.69 Å². The van der Waals surface area contributed by atoms with Crippen LogP contribution in [0.4, 0.5) is 8.78 Å². The lowest BCUT2D eigenvalue weighted by Crippen LogP contribution is -1.99. The van der Waals surface area contributed by atoms with E-state index in [1.165, 1.54) is 17.8 Å². The van der Waals surface area contributed by atoms with Gasteiger partial charge in [0.05, 0.1) is 5.69 Å². The molecule has 0 unspecified atom stereocenters. The first-order valence-electron chi connectivity index (χ1n) is 4.98. The van der Waals surface area contributed by atoms with Crippen molar-refractivity contribution in [2.45, 2.75) is 16.5 Å². The first-order chi connectivity index (χ1) is 8.19. The van der Waals surface area contributed by atoms with E-state index in [1.54, 1.807) is 6.07 Å². The van der Waals surface area contributed by atoms with Crippen LogP contribution in [-0.4, -0.2) is 4.98 Å². The average Bonchev–Trinajstić information content (AvgIpc) is 2.34. The summed E-state index contributed by atoms with van der Waals surface area (Å²) in [6.45, 7) is 0.353. The normalized spacial score (nSPS) is 10.5. The number of hydrogen-bond acceptors (Lipinski definition) is 3. The van der Waals surface area contributed by atoms with Crippen LogP contribution in [0, 0.1) is 11.6 Å². The summed E-state index contributed by atoms with van der Waals surface area (Å²) in [6.07, 6.45) is 0. The summed E-state index contributed by atoms with van der Waals surface area (Å²) in [6, 6.07) is 9.21. The fraction of sp³-hybridized carbons (Fsp3) is 0.0833. The van der Waals surface area contributed by atoms with Crippen molar-refractivity contribution in [1.29, 1.82) is 0 Å². The van der Waals surface area contributed by atoms with Crippen LogP contribution in [0.5, 0.6) is 0 Å². The summed E-state index contributed by atoms with van der Waals surface area (Å²) in [7, 11) is 0. The molecule has 2 N–H and O–H groups in total. The van der Waals surface area contributed by atoms with E-state index in [-0.39, 0.29) is 0 Å². The Kier molecular flexibility index (Phi) is 3.71. The predicted octanol–water partition coefficient (Wildman–Crippen LogP) is 2.97. The molecule has 0 aliphatic rings. The molecule has 0 aliphatic heterocycles. The second-order valence-corrected chi connectivity index (χ2v) is 4.44. The van der Waals surface area contributed by atoms with Crippen LogP contribution in [0.25, 0.3) is 0 Å². The average molecular weight is 252 g/mol. The quantitative estimate of drug-likeness (QED) is 0.912. The molecule has 1 aromatic heterocycles. The summed E-state index contributed by atoms with van der Waals surface area (Å²) in [4.78, 5) is 4.86. The van der Waals surface area contributed by atoms with Crippen molar-refractivity contribution in [3.63, 3.8) is 0 Å². The molecule has 2 aromatic rings. The van der Waals surface area contributed by atoms with Crippen LogP contribution in [-0.2, 0) is 6.54 Å². The molecule has 0 saturated carbocycles. The SMILES string of the molecule is NCc1cccc(Sc2ccc(F)c(F)c2)n1. The third kappa shape index (κ3) is 3.01. The third-order valence-electron chi connectivity index (χ3n) is 2.10. The summed E-state index contributed by atoms with van der Waals surface area (Å²) < 4.78 is 25.7. The number of rotatable bonds is 3. The Morgan fingerprint density at radius 2 is 1.94 bits per heavy atom. The Labute approximate surface area is 102 Å². The molecular formula is C12H10F2N2S. The summed E-state index contributed by atoms with van der Waals surface area (Å²) in [5.74, 6) is -1.71. The van der Waals surface area contributed by atoms with E-state index in [2.05, 4.69) is 4.98 Å². The van der Waals surface area contributed by atoms with Crippen LogP contribution < -0.4 is 5.73 Å². The zero-order valence-corrected chi connectivity index (χ0v) is 9.68. The van der Waals surface area contributed by atoms with E-state index in [1.807, 2.05) is 12.1 Å². The number of aromatic nitrogens is 1. The number of hydrogen-bond donors (Lipinski definition) is 1. The van der Waals surface area contributed by atoms with E-state index in [0.29, 0.717) is 16.5 Å². The fourth-order valence-corrected chi connectivity index (χ4v) is 2.14. The lowest BCUT2D eigenvalue weighted by molar-refractivity contribution is 0.506. The largest absolute Gasteiger partial charge is 0.325 e. The topological polar surface area (TPSA) is 38.9 Å². The Morgan fingerprint density at radius 1 is 1.12 bits per heavy atom. The van der Waals surface area contributed by atoms with Gasteiger partial charge in [-0.15, -0.1) is 0 Å². The minimum absolute atomic E-state index is 0.353. The van der Waals surface area contributed by atoms with Gasteiger partial charge in [-0.2, -0.15) is 0 Å². The van der Waals surface area contributed by atoms with Gasteiger partial charge in [0, 0.05) is 11.4 Å². The molecule has 88 valence electrons. The highest BCUT2D eigenvalue weighted by atomic mass is 32.2. The number of nitrogens with zero attached hydrogens (tertiary/aromatic N) is 1. The molecule has 1 heterocycles. The van der Waals surface area contributed by atoms with Gasteiger partial charge in [-0.1, -0.05) is 17.8 Å². The zero-order valence-electron chi connectivity index (χ0n) is 8.86. The Morgan fingerprint density at radius 3 is 2.65 bits per heavy atom. The Balaban J connectivity index is 2.22. The number of halogens is 2. The van der Waals surface area contributed by atoms with Gasteiger partial charge in [-0.3, -0.25) is 0 Å². The first kappa shape index (κ1) is 12.0. The van der Waals surface area contributed by atoms with Gasteiger partial charge in [-0.05, 0) is 30.3 Å². The molecule has 2 rings (SSSR count). The van der Waals surface area contributed by atoms with Crippen LogP contribution >= 0.6 is 11.8 Å². The lowest BCUT2D eigenvalue weighted by atomic mass is 10.3. The monoisotopic (exact) mass is 252 g/mol. The van der Waals surface area contributed by atoms with Gasteiger partial charge in [0.15, 0.2) is 11.6 Å². The van der Waals surface area contributed by atoms with Gasteiger partial charge in [-0.25, -0.2) is 13.8 Å². The molecule has 2 nitrogen and oxygen atoms in total. The number of pyridine rings is 1. The summed E-state index contributed by atoms with van der Waals surface area (Å²) in [5, 5.41) is 0.707. The summed E-state index contributed by atoms with van der Waals surface area (Å²) >= 11 is 1.27. The molecule has 5 heteroatoms. The second kappa shape index (κ2) is 5.25. The highest BCUT2D eigenvalue weighted by Crippen LogP contribution is 2.27. The first-order valence-corrected chi connectivity index (χ1v) is 5.79. The van der Waals surface area contributed by atoms with Crippen LogP contribution in [0.2, 0.25) is 0 Å². The van der Waals surface area contributed by atoms with Crippen molar-refractivity contribution in [2.75, 3.05) is 0 Å². The molecule has 0 aliphatic carbocycles. The Hall–Kier alpha value is -1.46. The molecule has 0 bridgehead atoms. The van der Waals surface area contributed by atoms with E-state index in [9.17, 15) is 8.78 Å². The summed E-state index contributed by atoms with van der Waals surface area (Å²) in [5.41, 5.74) is 6.24. The molecule has 0 amide bonds. The highest BCUT2D eigenvalue weighted by molar-refractivity contribution is 7.99. The maximum atomic E-state index is 13.0. The van der Waals surface area contributed by atoms with E-state index >= 15 is 0 Å². The molecule has 17 heavy (non-hydrogen) atoms. The van der Waals surface area contributed by atoms with Gasteiger partial charge in [0.2, 0.25) is 0 Å². The maximum absolute atomic E-state index is 13.0. The highest BCUT2D eigenvalue weighted by Gasteiger charge is 2.05. The smallest absolute Gasteiger partial charge is 0.159 e. The number of benzene rings is 1. The van der Waals surface area contributed by atoms with E-state index in [0.717, 1.165) is 17.8 Å². The Bertz CT molecular complexity index is 532. The third-order valence-corrected chi connectivity index (χ3v) is 3.03. The minimum atomic E-state index is -0.857. The van der Waals surface area contributed by atoms with Gasteiger partial charge in [0.25, 0.3) is 0 Å². The molecular weight excluding hydrogens is 242 g/mol. The second-order valence-electron chi connectivity index (χ2n) is 3.35. The molecule has 0 fully saturated rings. The van der Waals surface area contributed by atoms with Gasteiger partial charge < -0.3 is 5.73 Å². The van der Waals surface area contributed by atoms with E-state index in [4.69, 9.17) is 5.73 Å². The van der Waals surface area contributed by atoms with Crippen molar-refractivity contribution in [1.82, 2.24) is 4.98 Å². The van der Waals surface area contributed by atoms with Crippen LogP contribution in [0.15, 0.2) is 46.3 Å². The van der Waals surface area contributed by atoms with Gasteiger partial charge >= 0.3 is 0 Å². The molecule has 0 spiro atoms. The molecule has 0 atom stereocenters. The molecule has 1 aromatic carbocycles. The van der Waals surface area contributed by atoms with Gasteiger partial charge in [0.1, 0.15) is 5.03 Å². The number of nitrogens with two attached hydrogens (primary N) is 1. The van der Waals surface area contributed by atoms with Crippen molar-refractivity contribution < 1.29 is 8.78 Å². The van der Waals surface area contributed by atoms with Crippen molar-refractivity contribution in [2.24, 2.45) is 5.73 Å². The van der Waals surface area contributed by atoms with Crippen LogP contribution in [0.3, 0.4) is 0 Å². The lowest BCUT2D eigenvalue weighted by Gasteiger charge is -2.03. The van der Waals surface area contributed by atoms with Crippen molar-refractivity contribution in [3.05, 3.63) is 53.7 Å². The minimum Gasteiger partial charge on any atom is -0.325 e. The predicted molar refractivity (Wildman–Crippen MR) is 62.6 cm³/mol. The fourth-order valence-electron chi connectivity index (χ4n) is 1.29. The van der Waals surface area contributed by atoms with Crippen molar-refractivity contribution >= 4 is 11.8 Å². The van der Waals surface area contributed by atoms with Crippen molar-refractivity contribution in [3.8, 4) is 0 Å². The molecule has 0 radical (unpaired) electrons. The molecule has 0 saturated heterocycles.